The van der Waals surface area contributed by atoms with E-state index in [9.17, 15) is 9.59 Å². The monoisotopic (exact) mass is 316 g/mol. The van der Waals surface area contributed by atoms with Crippen molar-refractivity contribution in [3.05, 3.63) is 42.5 Å². The lowest BCUT2D eigenvalue weighted by Gasteiger charge is -2.43. The fraction of sp³-hybridized carbons (Fsp3) is 0.444. The summed E-state index contributed by atoms with van der Waals surface area (Å²) in [6.45, 7) is 6.04. The van der Waals surface area contributed by atoms with E-state index in [2.05, 4.69) is 11.9 Å². The van der Waals surface area contributed by atoms with Crippen LogP contribution in [0, 0.1) is 0 Å². The van der Waals surface area contributed by atoms with E-state index in [1.165, 1.54) is 11.0 Å². The van der Waals surface area contributed by atoms with Gasteiger partial charge in [0.2, 0.25) is 11.8 Å². The van der Waals surface area contributed by atoms with Gasteiger partial charge in [-0.3, -0.25) is 9.59 Å². The van der Waals surface area contributed by atoms with Crippen molar-refractivity contribution >= 4 is 11.8 Å². The molecule has 0 unspecified atom stereocenters. The molecule has 1 aliphatic rings. The molecule has 0 spiro atoms. The Labute approximate surface area is 137 Å². The number of carbonyl (C=O) groups excluding carboxylic acids is 2. The maximum absolute atomic E-state index is 12.3. The van der Waals surface area contributed by atoms with Crippen LogP contribution in [-0.2, 0) is 15.1 Å². The number of amides is 2. The van der Waals surface area contributed by atoms with Gasteiger partial charge in [-0.25, -0.2) is 0 Å². The minimum absolute atomic E-state index is 0.0314. The summed E-state index contributed by atoms with van der Waals surface area (Å²) in [5, 5.41) is 3.10. The normalized spacial score (nSPS) is 15.2. The van der Waals surface area contributed by atoms with Crippen molar-refractivity contribution in [3.8, 4) is 5.75 Å². The molecule has 0 radical (unpaired) electrons. The largest absolute Gasteiger partial charge is 0.494 e. The molecular weight excluding hydrogens is 292 g/mol. The zero-order chi connectivity index (χ0) is 16.9. The molecule has 0 heterocycles. The third-order valence-corrected chi connectivity index (χ3v) is 4.24. The van der Waals surface area contributed by atoms with E-state index in [0.717, 1.165) is 30.6 Å². The number of rotatable bonds is 7. The fourth-order valence-electron chi connectivity index (χ4n) is 2.81. The number of benzene rings is 1. The predicted molar refractivity (Wildman–Crippen MR) is 89.1 cm³/mol. The van der Waals surface area contributed by atoms with Gasteiger partial charge >= 0.3 is 0 Å². The van der Waals surface area contributed by atoms with Crippen molar-refractivity contribution in [1.82, 2.24) is 10.2 Å². The minimum Gasteiger partial charge on any atom is -0.494 e. The van der Waals surface area contributed by atoms with Gasteiger partial charge in [-0.2, -0.15) is 0 Å². The number of nitrogens with zero attached hydrogens (tertiary/aromatic N) is 1. The molecular formula is C18H24N2O3. The predicted octanol–water partition coefficient (Wildman–Crippen LogP) is 2.23. The molecule has 0 atom stereocenters. The van der Waals surface area contributed by atoms with Crippen molar-refractivity contribution in [3.63, 3.8) is 0 Å². The fourth-order valence-corrected chi connectivity index (χ4v) is 2.81. The second kappa shape index (κ2) is 7.31. The molecule has 1 aliphatic carbocycles. The summed E-state index contributed by atoms with van der Waals surface area (Å²) in [5.41, 5.74) is 0.762. The standard InChI is InChI=1S/C18H24N2O3/c1-4-17(22)20(3)13-16(21)19-18(11-6-12-18)14-7-9-15(10-8-14)23-5-2/h4,7-10H,1,5-6,11-13H2,2-3H3,(H,19,21). The molecule has 23 heavy (non-hydrogen) atoms. The highest BCUT2D eigenvalue weighted by atomic mass is 16.5. The van der Waals surface area contributed by atoms with Gasteiger partial charge in [0.05, 0.1) is 18.7 Å². The molecule has 1 N–H and O–H groups in total. The van der Waals surface area contributed by atoms with E-state index >= 15 is 0 Å². The van der Waals surface area contributed by atoms with Crippen molar-refractivity contribution in [2.45, 2.75) is 31.7 Å². The van der Waals surface area contributed by atoms with E-state index in [0.29, 0.717) is 6.61 Å². The van der Waals surface area contributed by atoms with Crippen LogP contribution in [0.5, 0.6) is 5.75 Å². The second-order valence-corrected chi connectivity index (χ2v) is 5.84. The van der Waals surface area contributed by atoms with Gasteiger partial charge in [0.1, 0.15) is 5.75 Å². The summed E-state index contributed by atoms with van der Waals surface area (Å²) in [6.07, 6.45) is 4.10. The maximum atomic E-state index is 12.3. The molecule has 1 aromatic rings. The topological polar surface area (TPSA) is 58.6 Å². The van der Waals surface area contributed by atoms with Crippen LogP contribution in [0.25, 0.3) is 0 Å². The van der Waals surface area contributed by atoms with Crippen molar-refractivity contribution in [1.29, 1.82) is 0 Å². The van der Waals surface area contributed by atoms with E-state index in [-0.39, 0.29) is 23.9 Å². The van der Waals surface area contributed by atoms with E-state index in [1.54, 1.807) is 7.05 Å². The number of hydrogen-bond acceptors (Lipinski definition) is 3. The third-order valence-electron chi connectivity index (χ3n) is 4.24. The van der Waals surface area contributed by atoms with Crippen LogP contribution >= 0.6 is 0 Å². The van der Waals surface area contributed by atoms with Gasteiger partial charge in [0, 0.05) is 7.05 Å². The van der Waals surface area contributed by atoms with Crippen LogP contribution in [0.1, 0.15) is 31.7 Å². The lowest BCUT2D eigenvalue weighted by atomic mass is 9.71. The Morgan fingerprint density at radius 3 is 2.48 bits per heavy atom. The molecule has 0 saturated heterocycles. The first-order valence-electron chi connectivity index (χ1n) is 7.92. The van der Waals surface area contributed by atoms with Gasteiger partial charge in [-0.1, -0.05) is 18.7 Å². The average molecular weight is 316 g/mol. The average Bonchev–Trinajstić information content (AvgIpc) is 2.51. The highest BCUT2D eigenvalue weighted by Crippen LogP contribution is 2.41. The molecule has 2 amide bonds. The first-order valence-corrected chi connectivity index (χ1v) is 7.92. The number of carbonyl (C=O) groups is 2. The molecule has 124 valence electrons. The number of likely N-dealkylation sites (N-methyl/N-ethyl adjacent to an activating group) is 1. The highest BCUT2D eigenvalue weighted by molar-refractivity contribution is 5.90. The third kappa shape index (κ3) is 3.92. The van der Waals surface area contributed by atoms with Crippen LogP contribution in [0.4, 0.5) is 0 Å². The van der Waals surface area contributed by atoms with Crippen LogP contribution in [0.15, 0.2) is 36.9 Å². The van der Waals surface area contributed by atoms with Crippen molar-refractivity contribution in [2.75, 3.05) is 20.2 Å². The number of hydrogen-bond donors (Lipinski definition) is 1. The number of nitrogens with one attached hydrogen (secondary N) is 1. The molecule has 5 heteroatoms. The van der Waals surface area contributed by atoms with Gasteiger partial charge in [-0.15, -0.1) is 0 Å². The van der Waals surface area contributed by atoms with Crippen LogP contribution in [-0.4, -0.2) is 36.9 Å². The minimum atomic E-state index is -0.320. The quantitative estimate of drug-likeness (QED) is 0.785. The summed E-state index contributed by atoms with van der Waals surface area (Å²) < 4.78 is 5.46. The zero-order valence-corrected chi connectivity index (χ0v) is 13.8. The Hall–Kier alpha value is -2.30. The number of ether oxygens (including phenoxy) is 1. The Balaban J connectivity index is 2.04. The Bertz CT molecular complexity index is 576. The SMILES string of the molecule is C=CC(=O)N(C)CC(=O)NC1(c2ccc(OCC)cc2)CCC1. The van der Waals surface area contributed by atoms with Crippen LogP contribution in [0.2, 0.25) is 0 Å². The zero-order valence-electron chi connectivity index (χ0n) is 13.8. The molecule has 0 bridgehead atoms. The van der Waals surface area contributed by atoms with E-state index < -0.39 is 0 Å². The highest BCUT2D eigenvalue weighted by Gasteiger charge is 2.40. The molecule has 0 aromatic heterocycles. The summed E-state index contributed by atoms with van der Waals surface area (Å²) in [4.78, 5) is 25.1. The first-order chi connectivity index (χ1) is 11.0. The summed E-state index contributed by atoms with van der Waals surface area (Å²) in [5.74, 6) is 0.411. The summed E-state index contributed by atoms with van der Waals surface area (Å²) >= 11 is 0. The van der Waals surface area contributed by atoms with E-state index in [1.807, 2.05) is 31.2 Å². The van der Waals surface area contributed by atoms with Gasteiger partial charge in [0.15, 0.2) is 0 Å². The smallest absolute Gasteiger partial charge is 0.246 e. The van der Waals surface area contributed by atoms with E-state index in [4.69, 9.17) is 4.74 Å². The molecule has 1 saturated carbocycles. The van der Waals surface area contributed by atoms with Crippen molar-refractivity contribution in [2.24, 2.45) is 0 Å². The maximum Gasteiger partial charge on any atom is 0.246 e. The lowest BCUT2D eigenvalue weighted by Crippen LogP contribution is -2.53. The molecule has 2 rings (SSSR count). The Morgan fingerprint density at radius 2 is 2.00 bits per heavy atom. The molecule has 1 fully saturated rings. The first kappa shape index (κ1) is 17.1. The molecule has 1 aromatic carbocycles. The second-order valence-electron chi connectivity index (χ2n) is 5.84. The van der Waals surface area contributed by atoms with Crippen molar-refractivity contribution < 1.29 is 14.3 Å². The lowest BCUT2D eigenvalue weighted by molar-refractivity contribution is -0.132. The Kier molecular flexibility index (Phi) is 5.42. The molecule has 5 nitrogen and oxygen atoms in total. The van der Waals surface area contributed by atoms with Crippen LogP contribution < -0.4 is 10.1 Å². The summed E-state index contributed by atoms with van der Waals surface area (Å²) in [7, 11) is 1.59. The summed E-state index contributed by atoms with van der Waals surface area (Å²) in [6, 6.07) is 7.86. The van der Waals surface area contributed by atoms with Crippen LogP contribution in [0.3, 0.4) is 0 Å². The van der Waals surface area contributed by atoms with Gasteiger partial charge in [0.25, 0.3) is 0 Å². The van der Waals surface area contributed by atoms with Gasteiger partial charge in [-0.05, 0) is 50.0 Å². The Morgan fingerprint density at radius 1 is 1.35 bits per heavy atom. The molecule has 0 aliphatic heterocycles. The van der Waals surface area contributed by atoms with Gasteiger partial charge < -0.3 is 15.0 Å².